The van der Waals surface area contributed by atoms with Gasteiger partial charge in [0.05, 0.1) is 19.3 Å². The van der Waals surface area contributed by atoms with Gasteiger partial charge in [0.15, 0.2) is 10.9 Å². The first-order chi connectivity index (χ1) is 16.0. The number of aromatic nitrogens is 4. The van der Waals surface area contributed by atoms with Crippen LogP contribution in [0, 0.1) is 5.92 Å². The van der Waals surface area contributed by atoms with Crippen LogP contribution in [0.3, 0.4) is 0 Å². The van der Waals surface area contributed by atoms with E-state index in [0.717, 1.165) is 25.2 Å². The number of imidazole rings is 1. The fourth-order valence-corrected chi connectivity index (χ4v) is 5.25. The fraction of sp³-hybridized carbons (Fsp3) is 0.739. The Balaban J connectivity index is 1.62. The molecule has 2 aromatic rings. The van der Waals surface area contributed by atoms with Crippen LogP contribution in [0.4, 0.5) is 0 Å². The van der Waals surface area contributed by atoms with Crippen LogP contribution in [0.5, 0.6) is 0 Å². The average molecular weight is 496 g/mol. The first kappa shape index (κ1) is 26.3. The molecule has 0 aliphatic heterocycles. The summed E-state index contributed by atoms with van der Waals surface area (Å²) >= 11 is 0. The second-order valence-electron chi connectivity index (χ2n) is 10.2. The summed E-state index contributed by atoms with van der Waals surface area (Å²) in [4.78, 5) is 20.8. The molecule has 10 nitrogen and oxygen atoms in total. The molecule has 1 saturated carbocycles. The van der Waals surface area contributed by atoms with Crippen molar-refractivity contribution in [1.82, 2.24) is 24.4 Å². The van der Waals surface area contributed by atoms with E-state index in [2.05, 4.69) is 19.8 Å². The van der Waals surface area contributed by atoms with E-state index >= 15 is 0 Å². The van der Waals surface area contributed by atoms with E-state index < -0.39 is 15.6 Å². The third kappa shape index (κ3) is 8.19. The number of nitrogens with one attached hydrogen (secondary N) is 1. The zero-order valence-corrected chi connectivity index (χ0v) is 21.4. The lowest BCUT2D eigenvalue weighted by molar-refractivity contribution is -0.155. The van der Waals surface area contributed by atoms with Crippen molar-refractivity contribution in [2.45, 2.75) is 102 Å². The highest BCUT2D eigenvalue weighted by Crippen LogP contribution is 2.31. The molecule has 2 heterocycles. The number of rotatable bonds is 11. The highest BCUT2D eigenvalue weighted by molar-refractivity contribution is 7.89. The molecule has 1 aliphatic carbocycles. The Morgan fingerprint density at radius 1 is 1.29 bits per heavy atom. The van der Waals surface area contributed by atoms with Crippen LogP contribution in [-0.2, 0) is 33.1 Å². The van der Waals surface area contributed by atoms with Gasteiger partial charge in [0.2, 0.25) is 5.89 Å². The molecule has 2 aromatic heterocycles. The molecule has 11 heteroatoms. The van der Waals surface area contributed by atoms with E-state index in [-0.39, 0.29) is 35.7 Å². The molecule has 0 bridgehead atoms. The Bertz CT molecular complexity index is 1030. The molecule has 1 N–H and O–H groups in total. The SMILES string of the molecule is Cn1cnc(S(=O)(=O)NCc2noc(C(CCCC3CCCCC3)CC(=O)OC(C)(C)C)n2)c1. The van der Waals surface area contributed by atoms with Crippen LogP contribution < -0.4 is 4.72 Å². The van der Waals surface area contributed by atoms with Crippen molar-refractivity contribution in [2.75, 3.05) is 0 Å². The lowest BCUT2D eigenvalue weighted by Crippen LogP contribution is -2.25. The summed E-state index contributed by atoms with van der Waals surface area (Å²) < 4.78 is 39.7. The van der Waals surface area contributed by atoms with Gasteiger partial charge in [-0.15, -0.1) is 0 Å². The summed E-state index contributed by atoms with van der Waals surface area (Å²) in [5.41, 5.74) is -0.576. The molecule has 34 heavy (non-hydrogen) atoms. The minimum Gasteiger partial charge on any atom is -0.460 e. The number of esters is 1. The molecule has 0 spiro atoms. The van der Waals surface area contributed by atoms with Crippen LogP contribution in [0.1, 0.15) is 96.2 Å². The number of hydrogen-bond acceptors (Lipinski definition) is 8. The summed E-state index contributed by atoms with van der Waals surface area (Å²) in [6, 6.07) is 0. The van der Waals surface area contributed by atoms with Crippen molar-refractivity contribution in [3.05, 3.63) is 24.2 Å². The summed E-state index contributed by atoms with van der Waals surface area (Å²) in [7, 11) is -2.10. The maximum absolute atomic E-state index is 12.5. The predicted octanol–water partition coefficient (Wildman–Crippen LogP) is 3.85. The number of sulfonamides is 1. The third-order valence-corrected chi connectivity index (χ3v) is 7.22. The Labute approximate surface area is 201 Å². The number of carbonyl (C=O) groups is 1. The first-order valence-corrected chi connectivity index (χ1v) is 13.5. The molecule has 190 valence electrons. The van der Waals surface area contributed by atoms with Gasteiger partial charge in [-0.3, -0.25) is 4.79 Å². The third-order valence-electron chi connectivity index (χ3n) is 5.93. The Morgan fingerprint density at radius 2 is 2.03 bits per heavy atom. The van der Waals surface area contributed by atoms with Crippen molar-refractivity contribution in [1.29, 1.82) is 0 Å². The van der Waals surface area contributed by atoms with Crippen LogP contribution in [0.15, 0.2) is 22.1 Å². The summed E-state index contributed by atoms with van der Waals surface area (Å²) in [5.74, 6) is 0.700. The molecule has 0 radical (unpaired) electrons. The molecule has 1 atom stereocenters. The van der Waals surface area contributed by atoms with Gasteiger partial charge in [0, 0.05) is 19.2 Å². The van der Waals surface area contributed by atoms with Crippen molar-refractivity contribution >= 4 is 16.0 Å². The van der Waals surface area contributed by atoms with E-state index in [9.17, 15) is 13.2 Å². The lowest BCUT2D eigenvalue weighted by Gasteiger charge is -2.23. The molecule has 0 amide bonds. The minimum absolute atomic E-state index is 0.0794. The number of nitrogens with zero attached hydrogens (tertiary/aromatic N) is 4. The zero-order chi connectivity index (χ0) is 24.8. The normalized spacial score (nSPS) is 16.5. The Morgan fingerprint density at radius 3 is 2.68 bits per heavy atom. The van der Waals surface area contributed by atoms with E-state index in [1.807, 2.05) is 20.8 Å². The summed E-state index contributed by atoms with van der Waals surface area (Å²) in [5, 5.41) is 3.85. The topological polar surface area (TPSA) is 129 Å². The van der Waals surface area contributed by atoms with Gasteiger partial charge in [-0.1, -0.05) is 50.1 Å². The van der Waals surface area contributed by atoms with Gasteiger partial charge in [-0.25, -0.2) is 18.1 Å². The van der Waals surface area contributed by atoms with Gasteiger partial charge >= 0.3 is 5.97 Å². The molecule has 3 rings (SSSR count). The van der Waals surface area contributed by atoms with Gasteiger partial charge < -0.3 is 13.8 Å². The molecular weight excluding hydrogens is 458 g/mol. The largest absolute Gasteiger partial charge is 0.460 e. The van der Waals surface area contributed by atoms with Gasteiger partial charge in [-0.05, 0) is 33.1 Å². The molecule has 1 unspecified atom stereocenters. The van der Waals surface area contributed by atoms with Gasteiger partial charge in [0.25, 0.3) is 10.0 Å². The minimum atomic E-state index is -3.79. The van der Waals surface area contributed by atoms with E-state index in [4.69, 9.17) is 9.26 Å². The lowest BCUT2D eigenvalue weighted by atomic mass is 9.84. The van der Waals surface area contributed by atoms with E-state index in [0.29, 0.717) is 5.89 Å². The first-order valence-electron chi connectivity index (χ1n) is 12.0. The van der Waals surface area contributed by atoms with E-state index in [1.165, 1.54) is 44.6 Å². The highest BCUT2D eigenvalue weighted by atomic mass is 32.2. The molecule has 0 aromatic carbocycles. The Kier molecular flexibility index (Phi) is 8.86. The van der Waals surface area contributed by atoms with Gasteiger partial charge in [0.1, 0.15) is 5.60 Å². The number of aryl methyl sites for hydroxylation is 1. The van der Waals surface area contributed by atoms with Crippen LogP contribution in [-0.4, -0.2) is 39.7 Å². The maximum Gasteiger partial charge on any atom is 0.307 e. The number of carbonyl (C=O) groups excluding carboxylic acids is 1. The summed E-state index contributed by atoms with van der Waals surface area (Å²) in [6.45, 7) is 5.37. The van der Waals surface area contributed by atoms with Crippen LogP contribution >= 0.6 is 0 Å². The Hall–Kier alpha value is -2.27. The maximum atomic E-state index is 12.5. The second-order valence-corrected chi connectivity index (χ2v) is 11.9. The standard InChI is InChI=1S/C23H37N5O5S/c1-23(2,3)32-21(29)13-18(12-8-11-17-9-6-5-7-10-17)22-26-19(27-33-22)14-25-34(30,31)20-15-28(4)16-24-20/h15-18,25H,5-14H2,1-4H3. The van der Waals surface area contributed by atoms with Crippen molar-refractivity contribution in [3.8, 4) is 0 Å². The molecular formula is C23H37N5O5S. The molecule has 1 aliphatic rings. The molecule has 1 fully saturated rings. The molecule has 0 saturated heterocycles. The van der Waals surface area contributed by atoms with Crippen LogP contribution in [0.2, 0.25) is 0 Å². The second kappa shape index (κ2) is 11.4. The van der Waals surface area contributed by atoms with E-state index in [1.54, 1.807) is 11.6 Å². The summed E-state index contributed by atoms with van der Waals surface area (Å²) in [6.07, 6.45) is 12.3. The average Bonchev–Trinajstić information content (AvgIpc) is 3.41. The van der Waals surface area contributed by atoms with Crippen molar-refractivity contribution < 1.29 is 22.5 Å². The zero-order valence-electron chi connectivity index (χ0n) is 20.6. The highest BCUT2D eigenvalue weighted by Gasteiger charge is 2.27. The quantitative estimate of drug-likeness (QED) is 0.465. The number of hydrogen-bond donors (Lipinski definition) is 1. The number of ether oxygens (including phenoxy) is 1. The van der Waals surface area contributed by atoms with Gasteiger partial charge in [-0.2, -0.15) is 4.98 Å². The predicted molar refractivity (Wildman–Crippen MR) is 125 cm³/mol. The van der Waals surface area contributed by atoms with Crippen molar-refractivity contribution in [3.63, 3.8) is 0 Å². The van der Waals surface area contributed by atoms with Crippen molar-refractivity contribution in [2.24, 2.45) is 13.0 Å². The monoisotopic (exact) mass is 495 g/mol. The smallest absolute Gasteiger partial charge is 0.307 e. The van der Waals surface area contributed by atoms with Crippen LogP contribution in [0.25, 0.3) is 0 Å². The fourth-order valence-electron chi connectivity index (χ4n) is 4.29.